The number of fused-ring (bicyclic) bond motifs is 3. The molecular weight excluding hydrogens is 146 g/mol. The van der Waals surface area contributed by atoms with E-state index in [1.54, 1.807) is 0 Å². The number of hydrogen-bond donors (Lipinski definition) is 0. The maximum atomic E-state index is 2.24. The number of allylic oxidation sites excluding steroid dienone is 1. The summed E-state index contributed by atoms with van der Waals surface area (Å²) in [5, 5.41) is 0. The Labute approximate surface area is 73.3 Å². The van der Waals surface area contributed by atoms with Gasteiger partial charge >= 0.3 is 0 Å². The topological polar surface area (TPSA) is 3.24 Å². The Bertz CT molecular complexity index is 306. The molecule has 2 aliphatic rings. The fraction of sp³-hybridized carbons (Fsp3) is 0.273. The molecule has 1 heteroatoms. The normalized spacial score (nSPS) is 14.0. The first kappa shape index (κ1) is 7.41. The van der Waals surface area contributed by atoms with E-state index >= 15 is 0 Å². The van der Waals surface area contributed by atoms with Gasteiger partial charge in [-0.3, -0.25) is 0 Å². The summed E-state index contributed by atoms with van der Waals surface area (Å²) in [7, 11) is 4.19. The monoisotopic (exact) mass is 159 g/mol. The van der Waals surface area contributed by atoms with Crippen molar-refractivity contribution in [1.82, 2.24) is 4.90 Å². The molecule has 0 unspecified atom stereocenters. The molecule has 1 aromatic carbocycles. The van der Waals surface area contributed by atoms with E-state index < -0.39 is 0 Å². The highest BCUT2D eigenvalue weighted by Crippen LogP contribution is 2.19. The molecule has 0 aliphatic heterocycles. The highest BCUT2D eigenvalue weighted by atomic mass is 15.1. The van der Waals surface area contributed by atoms with Gasteiger partial charge in [0.15, 0.2) is 0 Å². The van der Waals surface area contributed by atoms with Crippen molar-refractivity contribution < 1.29 is 0 Å². The summed E-state index contributed by atoms with van der Waals surface area (Å²) in [6.45, 7) is 0. The Morgan fingerprint density at radius 3 is 2.33 bits per heavy atom. The molecule has 1 nitrogen and oxygen atoms in total. The first-order valence-electron chi connectivity index (χ1n) is 4.22. The van der Waals surface area contributed by atoms with Gasteiger partial charge in [0, 0.05) is 26.2 Å². The minimum absolute atomic E-state index is 1.06. The minimum atomic E-state index is 1.06. The van der Waals surface area contributed by atoms with Gasteiger partial charge in [-0.15, -0.1) is 0 Å². The summed E-state index contributed by atoms with van der Waals surface area (Å²) in [5.74, 6) is 0. The van der Waals surface area contributed by atoms with Crippen LogP contribution in [-0.2, 0) is 6.42 Å². The number of rotatable bonds is 1. The quantitative estimate of drug-likeness (QED) is 0.607. The Hall–Kier alpha value is -1.24. The molecule has 62 valence electrons. The maximum absolute atomic E-state index is 2.24. The van der Waals surface area contributed by atoms with E-state index in [2.05, 4.69) is 49.3 Å². The van der Waals surface area contributed by atoms with E-state index in [0.717, 1.165) is 6.42 Å². The van der Waals surface area contributed by atoms with E-state index in [1.165, 1.54) is 16.8 Å². The fourth-order valence-electron chi connectivity index (χ4n) is 1.47. The zero-order valence-corrected chi connectivity index (χ0v) is 7.54. The highest BCUT2D eigenvalue weighted by molar-refractivity contribution is 5.56. The molecule has 3 rings (SSSR count). The van der Waals surface area contributed by atoms with Crippen LogP contribution in [0.5, 0.6) is 0 Å². The first-order valence-corrected chi connectivity index (χ1v) is 4.22. The molecule has 1 aromatic rings. The van der Waals surface area contributed by atoms with Crippen LogP contribution in [0.1, 0.15) is 11.1 Å². The number of nitrogens with zero attached hydrogens (tertiary/aromatic N) is 1. The predicted molar refractivity (Wildman–Crippen MR) is 51.8 cm³/mol. The van der Waals surface area contributed by atoms with Gasteiger partial charge in [-0.2, -0.15) is 0 Å². The number of hydrogen-bond acceptors (Lipinski definition) is 1. The van der Waals surface area contributed by atoms with Crippen molar-refractivity contribution in [2.45, 2.75) is 6.42 Å². The standard InChI is InChI=1S/C11H13N/c1-12(2)11-7-9-3-4-10(8-11)6-5-9/h3-7H,8H2,1-2H3. The molecule has 0 fully saturated rings. The molecule has 0 atom stereocenters. The van der Waals surface area contributed by atoms with Crippen molar-refractivity contribution in [2.75, 3.05) is 14.1 Å². The number of benzene rings is 1. The summed E-state index contributed by atoms with van der Waals surface area (Å²) < 4.78 is 0. The third-order valence-electron chi connectivity index (χ3n) is 2.27. The minimum Gasteiger partial charge on any atom is -0.381 e. The molecule has 0 saturated heterocycles. The van der Waals surface area contributed by atoms with E-state index in [4.69, 9.17) is 0 Å². The molecule has 0 radical (unpaired) electrons. The summed E-state index contributed by atoms with van der Waals surface area (Å²) in [4.78, 5) is 2.18. The van der Waals surface area contributed by atoms with E-state index in [0.29, 0.717) is 0 Å². The molecule has 0 heterocycles. The highest BCUT2D eigenvalue weighted by Gasteiger charge is 2.06. The summed E-state index contributed by atoms with van der Waals surface area (Å²) in [6, 6.07) is 8.74. The average Bonchev–Trinajstić information content (AvgIpc) is 2.36. The summed E-state index contributed by atoms with van der Waals surface area (Å²) in [6.07, 6.45) is 3.30. The summed E-state index contributed by atoms with van der Waals surface area (Å²) in [5.41, 5.74) is 4.09. The lowest BCUT2D eigenvalue weighted by molar-refractivity contribution is 0.504. The Balaban J connectivity index is 2.42. The van der Waals surface area contributed by atoms with E-state index in [9.17, 15) is 0 Å². The third-order valence-corrected chi connectivity index (χ3v) is 2.27. The van der Waals surface area contributed by atoms with Gasteiger partial charge in [-0.05, 0) is 17.2 Å². The van der Waals surface area contributed by atoms with Crippen LogP contribution < -0.4 is 0 Å². The van der Waals surface area contributed by atoms with Gasteiger partial charge in [0.05, 0.1) is 0 Å². The molecule has 0 aromatic heterocycles. The fourth-order valence-corrected chi connectivity index (χ4v) is 1.47. The molecule has 0 saturated carbocycles. The van der Waals surface area contributed by atoms with Crippen LogP contribution in [0.4, 0.5) is 0 Å². The van der Waals surface area contributed by atoms with Gasteiger partial charge in [0.2, 0.25) is 0 Å². The van der Waals surface area contributed by atoms with Gasteiger partial charge in [-0.1, -0.05) is 24.3 Å². The zero-order valence-electron chi connectivity index (χ0n) is 7.54. The zero-order chi connectivity index (χ0) is 8.55. The average molecular weight is 159 g/mol. The predicted octanol–water partition coefficient (Wildman–Crippen LogP) is 2.15. The molecule has 2 aliphatic carbocycles. The molecule has 0 spiro atoms. The molecule has 2 bridgehead atoms. The molecule has 12 heavy (non-hydrogen) atoms. The molecule has 0 N–H and O–H groups in total. The number of likely N-dealkylation sites (N-methyl/N-ethyl adjacent to an activating group) is 1. The van der Waals surface area contributed by atoms with Crippen molar-refractivity contribution in [3.05, 3.63) is 41.1 Å². The van der Waals surface area contributed by atoms with Gasteiger partial charge < -0.3 is 4.90 Å². The van der Waals surface area contributed by atoms with Crippen LogP contribution in [0, 0.1) is 0 Å². The van der Waals surface area contributed by atoms with Crippen LogP contribution in [0.2, 0.25) is 0 Å². The van der Waals surface area contributed by atoms with Crippen molar-refractivity contribution in [3.8, 4) is 0 Å². The van der Waals surface area contributed by atoms with Crippen LogP contribution in [0.25, 0.3) is 6.08 Å². The molecular formula is C11H13N. The van der Waals surface area contributed by atoms with Gasteiger partial charge in [0.1, 0.15) is 0 Å². The lowest BCUT2D eigenvalue weighted by atomic mass is 10.1. The first-order chi connectivity index (χ1) is 5.75. The van der Waals surface area contributed by atoms with Crippen LogP contribution in [0.3, 0.4) is 0 Å². The second-order valence-electron chi connectivity index (χ2n) is 3.45. The Morgan fingerprint density at radius 1 is 1.08 bits per heavy atom. The lowest BCUT2D eigenvalue weighted by Gasteiger charge is -2.15. The van der Waals surface area contributed by atoms with Crippen molar-refractivity contribution in [2.24, 2.45) is 0 Å². The lowest BCUT2D eigenvalue weighted by Crippen LogP contribution is -2.12. The second-order valence-corrected chi connectivity index (χ2v) is 3.45. The second kappa shape index (κ2) is 2.67. The van der Waals surface area contributed by atoms with Crippen LogP contribution >= 0.6 is 0 Å². The summed E-state index contributed by atoms with van der Waals surface area (Å²) >= 11 is 0. The maximum Gasteiger partial charge on any atom is 0.0178 e. The Kier molecular flexibility index (Phi) is 1.65. The largest absolute Gasteiger partial charge is 0.381 e. The third kappa shape index (κ3) is 1.22. The van der Waals surface area contributed by atoms with Gasteiger partial charge in [-0.25, -0.2) is 0 Å². The smallest absolute Gasteiger partial charge is 0.0178 e. The SMILES string of the molecule is CN(C)C1=Cc2ccc(cc2)C1. The molecule has 0 amide bonds. The van der Waals surface area contributed by atoms with Crippen molar-refractivity contribution in [3.63, 3.8) is 0 Å². The van der Waals surface area contributed by atoms with Crippen molar-refractivity contribution in [1.29, 1.82) is 0 Å². The van der Waals surface area contributed by atoms with E-state index in [1.807, 2.05) is 0 Å². The van der Waals surface area contributed by atoms with Crippen molar-refractivity contribution >= 4 is 6.08 Å². The van der Waals surface area contributed by atoms with Crippen LogP contribution in [-0.4, -0.2) is 19.0 Å². The Morgan fingerprint density at radius 2 is 1.75 bits per heavy atom. The van der Waals surface area contributed by atoms with Crippen LogP contribution in [0.15, 0.2) is 30.0 Å². The van der Waals surface area contributed by atoms with E-state index in [-0.39, 0.29) is 0 Å². The van der Waals surface area contributed by atoms with Gasteiger partial charge in [0.25, 0.3) is 0 Å².